The molecule has 0 aromatic carbocycles. The average molecular weight is 394 g/mol. The topological polar surface area (TPSA) is 76.0 Å². The molecule has 0 radical (unpaired) electrons. The minimum atomic E-state index is -0.762. The number of anilines is 2. The standard InChI is InChI=1S/C19H31FN6O2/c1-23(2)18-15(20)12-21-19(22-18)26-7-6-16(14(13-26)4-5-17(27)28)25-10-8-24(3)9-11-25/h12,14,16H,4-11,13H2,1-3H3,(H,27,28)/t14-,16+/m1/s1. The van der Waals surface area contributed by atoms with Crippen LogP contribution in [0.5, 0.6) is 0 Å². The summed E-state index contributed by atoms with van der Waals surface area (Å²) < 4.78 is 13.9. The second-order valence-corrected chi connectivity index (χ2v) is 8.07. The van der Waals surface area contributed by atoms with Crippen LogP contribution in [-0.2, 0) is 4.79 Å². The summed E-state index contributed by atoms with van der Waals surface area (Å²) in [6.45, 7) is 5.60. The molecule has 2 fully saturated rings. The van der Waals surface area contributed by atoms with Crippen LogP contribution in [-0.4, -0.2) is 97.3 Å². The van der Waals surface area contributed by atoms with Crippen molar-refractivity contribution in [3.8, 4) is 0 Å². The third-order valence-electron chi connectivity index (χ3n) is 5.85. The van der Waals surface area contributed by atoms with Gasteiger partial charge in [-0.1, -0.05) is 0 Å². The van der Waals surface area contributed by atoms with Crippen molar-refractivity contribution in [1.29, 1.82) is 0 Å². The highest BCUT2D eigenvalue weighted by molar-refractivity contribution is 5.66. The Hall–Kier alpha value is -2.00. The first kappa shape index (κ1) is 20.7. The van der Waals surface area contributed by atoms with Gasteiger partial charge in [-0.2, -0.15) is 4.98 Å². The van der Waals surface area contributed by atoms with Crippen LogP contribution in [0.2, 0.25) is 0 Å². The maximum Gasteiger partial charge on any atom is 0.303 e. The molecule has 2 saturated heterocycles. The van der Waals surface area contributed by atoms with E-state index < -0.39 is 11.8 Å². The quantitative estimate of drug-likeness (QED) is 0.766. The van der Waals surface area contributed by atoms with Crippen LogP contribution in [0.25, 0.3) is 0 Å². The maximum absolute atomic E-state index is 13.9. The number of carboxylic acid groups (broad SMARTS) is 1. The lowest BCUT2D eigenvalue weighted by Gasteiger charge is -2.46. The van der Waals surface area contributed by atoms with E-state index in [1.54, 1.807) is 19.0 Å². The van der Waals surface area contributed by atoms with Crippen LogP contribution in [0.1, 0.15) is 19.3 Å². The third-order valence-corrected chi connectivity index (χ3v) is 5.85. The Balaban J connectivity index is 1.75. The van der Waals surface area contributed by atoms with Crippen molar-refractivity contribution in [2.24, 2.45) is 5.92 Å². The van der Waals surface area contributed by atoms with Crippen molar-refractivity contribution in [2.45, 2.75) is 25.3 Å². The summed E-state index contributed by atoms with van der Waals surface area (Å²) >= 11 is 0. The van der Waals surface area contributed by atoms with E-state index in [4.69, 9.17) is 0 Å². The van der Waals surface area contributed by atoms with Gasteiger partial charge in [-0.05, 0) is 25.8 Å². The van der Waals surface area contributed by atoms with Crippen LogP contribution >= 0.6 is 0 Å². The Bertz CT molecular complexity index is 680. The fraction of sp³-hybridized carbons (Fsp3) is 0.737. The molecule has 0 aliphatic carbocycles. The third kappa shape index (κ3) is 4.88. The molecule has 8 nitrogen and oxygen atoms in total. The summed E-state index contributed by atoms with van der Waals surface area (Å²) in [6.07, 6.45) is 2.95. The zero-order valence-corrected chi connectivity index (χ0v) is 17.0. The van der Waals surface area contributed by atoms with E-state index in [0.717, 1.165) is 39.1 Å². The number of halogens is 1. The molecule has 1 aromatic heterocycles. The van der Waals surface area contributed by atoms with E-state index >= 15 is 0 Å². The van der Waals surface area contributed by atoms with Crippen molar-refractivity contribution in [3.05, 3.63) is 12.0 Å². The summed E-state index contributed by atoms with van der Waals surface area (Å²) in [7, 11) is 5.64. The number of likely N-dealkylation sites (N-methyl/N-ethyl adjacent to an activating group) is 1. The first-order valence-electron chi connectivity index (χ1n) is 9.94. The number of aromatic nitrogens is 2. The van der Waals surface area contributed by atoms with Gasteiger partial charge in [0.1, 0.15) is 0 Å². The lowest BCUT2D eigenvalue weighted by Crippen LogP contribution is -2.56. The van der Waals surface area contributed by atoms with Gasteiger partial charge >= 0.3 is 5.97 Å². The molecule has 0 saturated carbocycles. The van der Waals surface area contributed by atoms with Crippen LogP contribution in [0.4, 0.5) is 16.2 Å². The molecule has 156 valence electrons. The Labute approximate surface area is 165 Å². The molecule has 2 atom stereocenters. The number of piperidine rings is 1. The number of hydrogen-bond acceptors (Lipinski definition) is 7. The molecule has 9 heteroatoms. The van der Waals surface area contributed by atoms with Crippen LogP contribution in [0.3, 0.4) is 0 Å². The molecule has 2 aliphatic heterocycles. The van der Waals surface area contributed by atoms with Gasteiger partial charge in [0, 0.05) is 65.8 Å². The smallest absolute Gasteiger partial charge is 0.303 e. The van der Waals surface area contributed by atoms with Crippen molar-refractivity contribution < 1.29 is 14.3 Å². The SMILES string of the molecule is CN1CCN([C@H]2CCN(c3ncc(F)c(N(C)C)n3)C[C@H]2CCC(=O)O)CC1. The molecule has 1 aromatic rings. The Morgan fingerprint density at radius 1 is 1.29 bits per heavy atom. The lowest BCUT2D eigenvalue weighted by atomic mass is 9.86. The molecule has 3 heterocycles. The molecule has 2 aliphatic rings. The number of aliphatic carboxylic acids is 1. The molecular formula is C19H31FN6O2. The predicted octanol–water partition coefficient (Wildman–Crippen LogP) is 0.989. The van der Waals surface area contributed by atoms with Crippen LogP contribution < -0.4 is 9.80 Å². The normalized spacial score (nSPS) is 24.4. The summed E-state index contributed by atoms with van der Waals surface area (Å²) in [6, 6.07) is 0.373. The fourth-order valence-corrected chi connectivity index (χ4v) is 4.24. The predicted molar refractivity (Wildman–Crippen MR) is 106 cm³/mol. The minimum absolute atomic E-state index is 0.163. The highest BCUT2D eigenvalue weighted by Crippen LogP contribution is 2.29. The summed E-state index contributed by atoms with van der Waals surface area (Å²) in [5.41, 5.74) is 0. The van der Waals surface area contributed by atoms with Crippen molar-refractivity contribution in [3.63, 3.8) is 0 Å². The number of carbonyl (C=O) groups is 1. The number of nitrogens with zero attached hydrogens (tertiary/aromatic N) is 6. The van der Waals surface area contributed by atoms with E-state index in [-0.39, 0.29) is 18.2 Å². The van der Waals surface area contributed by atoms with E-state index in [9.17, 15) is 14.3 Å². The van der Waals surface area contributed by atoms with Gasteiger partial charge in [-0.3, -0.25) is 9.69 Å². The van der Waals surface area contributed by atoms with Crippen LogP contribution in [0.15, 0.2) is 6.20 Å². The van der Waals surface area contributed by atoms with E-state index in [2.05, 4.69) is 31.7 Å². The molecule has 28 heavy (non-hydrogen) atoms. The zero-order chi connectivity index (χ0) is 20.3. The molecule has 0 spiro atoms. The van der Waals surface area contributed by atoms with Crippen LogP contribution in [0, 0.1) is 11.7 Å². The summed E-state index contributed by atoms with van der Waals surface area (Å²) in [5.74, 6) is -0.189. The minimum Gasteiger partial charge on any atom is -0.481 e. The highest BCUT2D eigenvalue weighted by atomic mass is 19.1. The van der Waals surface area contributed by atoms with Crippen molar-refractivity contribution >= 4 is 17.7 Å². The second-order valence-electron chi connectivity index (χ2n) is 8.07. The molecule has 1 N–H and O–H groups in total. The van der Waals surface area contributed by atoms with Gasteiger partial charge in [0.05, 0.1) is 6.20 Å². The second kappa shape index (κ2) is 9.00. The van der Waals surface area contributed by atoms with Gasteiger partial charge in [0.15, 0.2) is 11.6 Å². The first-order chi connectivity index (χ1) is 13.3. The number of piperazine rings is 1. The van der Waals surface area contributed by atoms with Gasteiger partial charge in [0.25, 0.3) is 0 Å². The summed E-state index contributed by atoms with van der Waals surface area (Å²) in [4.78, 5) is 28.3. The first-order valence-corrected chi connectivity index (χ1v) is 9.94. The Kier molecular flexibility index (Phi) is 6.66. The number of carboxylic acids is 1. The number of rotatable bonds is 6. The number of hydrogen-bond donors (Lipinski definition) is 1. The van der Waals surface area contributed by atoms with Gasteiger partial charge < -0.3 is 19.8 Å². The van der Waals surface area contributed by atoms with Crippen molar-refractivity contribution in [1.82, 2.24) is 19.8 Å². The van der Waals surface area contributed by atoms with E-state index in [0.29, 0.717) is 25.0 Å². The molecule has 0 unspecified atom stereocenters. The lowest BCUT2D eigenvalue weighted by molar-refractivity contribution is -0.137. The highest BCUT2D eigenvalue weighted by Gasteiger charge is 2.35. The zero-order valence-electron chi connectivity index (χ0n) is 17.0. The van der Waals surface area contributed by atoms with E-state index in [1.165, 1.54) is 6.20 Å². The van der Waals surface area contributed by atoms with Crippen molar-refractivity contribution in [2.75, 3.05) is 70.2 Å². The average Bonchev–Trinajstić information content (AvgIpc) is 2.67. The monoisotopic (exact) mass is 394 g/mol. The fourth-order valence-electron chi connectivity index (χ4n) is 4.24. The van der Waals surface area contributed by atoms with Gasteiger partial charge in [0.2, 0.25) is 5.95 Å². The van der Waals surface area contributed by atoms with Gasteiger partial charge in [-0.25, -0.2) is 9.37 Å². The Morgan fingerprint density at radius 2 is 2.00 bits per heavy atom. The molecule has 0 bridgehead atoms. The maximum atomic E-state index is 13.9. The molecule has 0 amide bonds. The van der Waals surface area contributed by atoms with Gasteiger partial charge in [-0.15, -0.1) is 0 Å². The summed E-state index contributed by atoms with van der Waals surface area (Å²) in [5, 5.41) is 9.18. The van der Waals surface area contributed by atoms with E-state index in [1.807, 2.05) is 0 Å². The Morgan fingerprint density at radius 3 is 2.64 bits per heavy atom. The molecular weight excluding hydrogens is 363 g/mol. The largest absolute Gasteiger partial charge is 0.481 e. The molecule has 3 rings (SSSR count).